The van der Waals surface area contributed by atoms with E-state index in [2.05, 4.69) is 0 Å². The minimum atomic E-state index is -1.39. The molecule has 2 rings (SSSR count). The monoisotopic (exact) mass is 242 g/mol. The molecule has 0 aliphatic heterocycles. The van der Waals surface area contributed by atoms with Gasteiger partial charge in [-0.3, -0.25) is 14.4 Å². The molecule has 2 saturated carbocycles. The first-order chi connectivity index (χ1) is 7.50. The molecule has 2 fully saturated rings. The van der Waals surface area contributed by atoms with Crippen LogP contribution in [0.1, 0.15) is 25.7 Å². The first-order valence-corrected chi connectivity index (χ1v) is 6.56. The van der Waals surface area contributed by atoms with Gasteiger partial charge in [0.25, 0.3) is 0 Å². The molecule has 0 bridgehead atoms. The van der Waals surface area contributed by atoms with Crippen LogP contribution >= 0.6 is 11.8 Å². The van der Waals surface area contributed by atoms with Crippen molar-refractivity contribution in [1.29, 1.82) is 0 Å². The molecular weight excluding hydrogens is 228 g/mol. The Morgan fingerprint density at radius 1 is 1.31 bits per heavy atom. The van der Waals surface area contributed by atoms with Crippen molar-refractivity contribution in [2.75, 3.05) is 6.26 Å². The van der Waals surface area contributed by atoms with E-state index in [-0.39, 0.29) is 23.5 Å². The van der Waals surface area contributed by atoms with Gasteiger partial charge in [0.2, 0.25) is 0 Å². The number of Topliss-reactive ketones (excluding diaryl/α,β-unsaturated/α-hetero) is 2. The maximum Gasteiger partial charge on any atom is 0.321 e. The van der Waals surface area contributed by atoms with Crippen LogP contribution in [0.2, 0.25) is 0 Å². The topological polar surface area (TPSA) is 71.4 Å². The third-order valence-electron chi connectivity index (χ3n) is 3.68. The molecule has 0 atom stereocenters. The Bertz CT molecular complexity index is 341. The molecule has 88 valence electrons. The fraction of sp³-hybridized carbons (Fsp3) is 0.727. The summed E-state index contributed by atoms with van der Waals surface area (Å²) in [5.74, 6) is -3.45. The lowest BCUT2D eigenvalue weighted by molar-refractivity contribution is -0.152. The quantitative estimate of drug-likeness (QED) is 0.751. The van der Waals surface area contributed by atoms with Crippen molar-refractivity contribution in [2.45, 2.75) is 30.4 Å². The van der Waals surface area contributed by atoms with Gasteiger partial charge in [0.1, 0.15) is 0 Å². The standard InChI is InChI=1S/C11H14O4S/c1-16-11(2-3-11)6-4-7(12)9(10(14)15)8(13)5-6/h6,9H,2-5H2,1H3,(H,14,15). The summed E-state index contributed by atoms with van der Waals surface area (Å²) in [6.07, 6.45) is 4.58. The molecule has 0 heterocycles. The number of carboxylic acids is 1. The second-order valence-electron chi connectivity index (χ2n) is 4.58. The Balaban J connectivity index is 2.12. The SMILES string of the molecule is CSC1(C2CC(=O)C(C(=O)O)C(=O)C2)CC1. The smallest absolute Gasteiger partial charge is 0.321 e. The zero-order valence-corrected chi connectivity index (χ0v) is 9.88. The molecule has 0 aromatic heterocycles. The number of carboxylic acid groups (broad SMARTS) is 1. The van der Waals surface area contributed by atoms with E-state index in [1.54, 1.807) is 11.8 Å². The number of hydrogen-bond donors (Lipinski definition) is 1. The van der Waals surface area contributed by atoms with Gasteiger partial charge in [-0.15, -0.1) is 0 Å². The lowest BCUT2D eigenvalue weighted by atomic mass is 9.77. The van der Waals surface area contributed by atoms with Gasteiger partial charge in [0.15, 0.2) is 17.5 Å². The Labute approximate surface area is 97.8 Å². The number of ketones is 2. The highest BCUT2D eigenvalue weighted by Crippen LogP contribution is 2.56. The molecule has 0 aromatic rings. The third-order valence-corrected chi connectivity index (χ3v) is 5.23. The van der Waals surface area contributed by atoms with Crippen LogP contribution in [0.3, 0.4) is 0 Å². The summed E-state index contributed by atoms with van der Waals surface area (Å²) in [4.78, 5) is 34.0. The van der Waals surface area contributed by atoms with Crippen LogP contribution < -0.4 is 0 Å². The molecule has 0 aromatic carbocycles. The Hall–Kier alpha value is -0.840. The lowest BCUT2D eigenvalue weighted by Gasteiger charge is -2.29. The largest absolute Gasteiger partial charge is 0.480 e. The van der Waals surface area contributed by atoms with E-state index in [4.69, 9.17) is 5.11 Å². The van der Waals surface area contributed by atoms with Gasteiger partial charge in [-0.1, -0.05) is 0 Å². The van der Waals surface area contributed by atoms with Gasteiger partial charge in [-0.25, -0.2) is 0 Å². The van der Waals surface area contributed by atoms with Crippen molar-refractivity contribution in [2.24, 2.45) is 11.8 Å². The van der Waals surface area contributed by atoms with Crippen LogP contribution in [-0.4, -0.2) is 33.6 Å². The van der Waals surface area contributed by atoms with E-state index in [0.29, 0.717) is 0 Å². The molecule has 1 N–H and O–H groups in total. The average Bonchev–Trinajstić information content (AvgIpc) is 2.96. The van der Waals surface area contributed by atoms with E-state index < -0.39 is 23.5 Å². The highest BCUT2D eigenvalue weighted by Gasteiger charge is 2.53. The van der Waals surface area contributed by atoms with Crippen molar-refractivity contribution in [3.63, 3.8) is 0 Å². The minimum Gasteiger partial charge on any atom is -0.480 e. The molecule has 0 spiro atoms. The number of thioether (sulfide) groups is 1. The fourth-order valence-electron chi connectivity index (χ4n) is 2.52. The van der Waals surface area contributed by atoms with Crippen LogP contribution in [0.4, 0.5) is 0 Å². The Morgan fingerprint density at radius 2 is 1.81 bits per heavy atom. The van der Waals surface area contributed by atoms with Crippen LogP contribution in [0.5, 0.6) is 0 Å². The fourth-order valence-corrected chi connectivity index (χ4v) is 3.53. The Kier molecular flexibility index (Phi) is 2.82. The summed E-state index contributed by atoms with van der Waals surface area (Å²) < 4.78 is 0.0782. The highest BCUT2D eigenvalue weighted by atomic mass is 32.2. The van der Waals surface area contributed by atoms with Crippen molar-refractivity contribution < 1.29 is 19.5 Å². The molecule has 0 amide bonds. The summed E-state index contributed by atoms with van der Waals surface area (Å²) in [7, 11) is 0. The van der Waals surface area contributed by atoms with E-state index in [0.717, 1.165) is 12.8 Å². The zero-order chi connectivity index (χ0) is 11.9. The predicted octanol–water partition coefficient (Wildman–Crippen LogP) is 1.13. The summed E-state index contributed by atoms with van der Waals surface area (Å²) >= 11 is 1.71. The molecule has 16 heavy (non-hydrogen) atoms. The van der Waals surface area contributed by atoms with Crippen molar-refractivity contribution in [1.82, 2.24) is 0 Å². The van der Waals surface area contributed by atoms with E-state index in [1.165, 1.54) is 0 Å². The average molecular weight is 242 g/mol. The predicted molar refractivity (Wildman–Crippen MR) is 59.3 cm³/mol. The van der Waals surface area contributed by atoms with E-state index >= 15 is 0 Å². The lowest BCUT2D eigenvalue weighted by Crippen LogP contribution is -2.41. The van der Waals surface area contributed by atoms with Gasteiger partial charge < -0.3 is 5.11 Å². The minimum absolute atomic E-state index is 0.0538. The van der Waals surface area contributed by atoms with Crippen LogP contribution in [0.25, 0.3) is 0 Å². The van der Waals surface area contributed by atoms with E-state index in [9.17, 15) is 14.4 Å². The number of hydrogen-bond acceptors (Lipinski definition) is 4. The second-order valence-corrected chi connectivity index (χ2v) is 5.80. The molecule has 0 unspecified atom stereocenters. The maximum absolute atomic E-state index is 11.6. The summed E-state index contributed by atoms with van der Waals surface area (Å²) in [6.45, 7) is 0. The van der Waals surface area contributed by atoms with Crippen LogP contribution in [0, 0.1) is 11.8 Å². The first kappa shape index (κ1) is 11.6. The second kappa shape index (κ2) is 3.87. The third kappa shape index (κ3) is 1.77. The number of carbonyl (C=O) groups excluding carboxylic acids is 2. The zero-order valence-electron chi connectivity index (χ0n) is 9.06. The summed E-state index contributed by atoms with van der Waals surface area (Å²) in [5.41, 5.74) is 0. The first-order valence-electron chi connectivity index (χ1n) is 5.33. The normalized spacial score (nSPS) is 32.6. The number of aliphatic carboxylic acids is 1. The summed E-state index contributed by atoms with van der Waals surface area (Å²) in [5, 5.41) is 8.79. The molecular formula is C11H14O4S. The van der Waals surface area contributed by atoms with Crippen LogP contribution in [0.15, 0.2) is 0 Å². The molecule has 0 saturated heterocycles. The number of rotatable bonds is 3. The molecule has 2 aliphatic rings. The van der Waals surface area contributed by atoms with Gasteiger partial charge >= 0.3 is 5.97 Å². The van der Waals surface area contributed by atoms with E-state index in [1.807, 2.05) is 6.26 Å². The summed E-state index contributed by atoms with van der Waals surface area (Å²) in [6, 6.07) is 0. The van der Waals surface area contributed by atoms with Gasteiger partial charge in [-0.05, 0) is 25.0 Å². The molecule has 5 heteroatoms. The maximum atomic E-state index is 11.6. The van der Waals surface area contributed by atoms with Crippen molar-refractivity contribution >= 4 is 29.3 Å². The van der Waals surface area contributed by atoms with Crippen molar-refractivity contribution in [3.05, 3.63) is 0 Å². The number of carbonyl (C=O) groups is 3. The van der Waals surface area contributed by atoms with Gasteiger partial charge in [0.05, 0.1) is 0 Å². The van der Waals surface area contributed by atoms with Gasteiger partial charge in [-0.2, -0.15) is 11.8 Å². The molecule has 4 nitrogen and oxygen atoms in total. The Morgan fingerprint density at radius 3 is 2.12 bits per heavy atom. The highest BCUT2D eigenvalue weighted by molar-refractivity contribution is 8.00. The molecule has 2 aliphatic carbocycles. The molecule has 0 radical (unpaired) electrons. The van der Waals surface area contributed by atoms with Gasteiger partial charge in [0, 0.05) is 17.6 Å². The van der Waals surface area contributed by atoms with Crippen molar-refractivity contribution in [3.8, 4) is 0 Å². The van der Waals surface area contributed by atoms with Crippen LogP contribution in [-0.2, 0) is 14.4 Å².